The minimum Gasteiger partial charge on any atom is -0.460 e. The molecule has 2 heterocycles. The summed E-state index contributed by atoms with van der Waals surface area (Å²) >= 11 is 0. The van der Waals surface area contributed by atoms with Crippen LogP contribution in [-0.2, 0) is 27.9 Å². The van der Waals surface area contributed by atoms with Gasteiger partial charge < -0.3 is 18.3 Å². The van der Waals surface area contributed by atoms with Crippen LogP contribution in [0, 0.1) is 0 Å². The van der Waals surface area contributed by atoms with Crippen LogP contribution in [0.2, 0.25) is 36.3 Å². The van der Waals surface area contributed by atoms with E-state index >= 15 is 0 Å². The molecule has 0 radical (unpaired) electrons. The quantitative estimate of drug-likeness (QED) is 0.0859. The van der Waals surface area contributed by atoms with Crippen molar-refractivity contribution < 1.29 is 27.9 Å². The summed E-state index contributed by atoms with van der Waals surface area (Å²) in [6.45, 7) is 24.7. The molecular formula is C34H64O6Si2. The Kier molecular flexibility index (Phi) is 14.0. The second-order valence-electron chi connectivity index (χ2n) is 15.9. The topological polar surface area (TPSA) is 71.1 Å². The van der Waals surface area contributed by atoms with Gasteiger partial charge in [0.05, 0.1) is 6.10 Å². The highest BCUT2D eigenvalue weighted by molar-refractivity contribution is 6.74. The number of unbranched alkanes of at least 4 members (excludes halogenated alkanes) is 7. The minimum atomic E-state index is -1.93. The summed E-state index contributed by atoms with van der Waals surface area (Å²) in [4.78, 5) is 24.1. The van der Waals surface area contributed by atoms with Crippen molar-refractivity contribution in [2.45, 2.75) is 193 Å². The molecule has 0 N–H and O–H groups in total. The van der Waals surface area contributed by atoms with Gasteiger partial charge in [-0.25, -0.2) is 4.79 Å². The summed E-state index contributed by atoms with van der Waals surface area (Å²) in [6, 6.07) is 0. The molecule has 0 unspecified atom stereocenters. The Morgan fingerprint density at radius 2 is 1.29 bits per heavy atom. The fourth-order valence-corrected chi connectivity index (χ4v) is 8.05. The first-order valence-electron chi connectivity index (χ1n) is 16.8. The van der Waals surface area contributed by atoms with Crippen LogP contribution in [0.25, 0.3) is 0 Å². The van der Waals surface area contributed by atoms with Gasteiger partial charge >= 0.3 is 11.9 Å². The maximum absolute atomic E-state index is 12.3. The van der Waals surface area contributed by atoms with Crippen LogP contribution in [0.3, 0.4) is 0 Å². The number of rotatable bonds is 18. The van der Waals surface area contributed by atoms with E-state index in [-0.39, 0.29) is 46.4 Å². The van der Waals surface area contributed by atoms with Crippen molar-refractivity contribution in [3.8, 4) is 0 Å². The number of carbonyl (C=O) groups excluding carboxylic acids is 2. The van der Waals surface area contributed by atoms with E-state index in [4.69, 9.17) is 18.3 Å². The minimum absolute atomic E-state index is 0.0314. The van der Waals surface area contributed by atoms with E-state index in [2.05, 4.69) is 67.7 Å². The molecule has 0 saturated carbocycles. The van der Waals surface area contributed by atoms with E-state index < -0.39 is 16.6 Å². The van der Waals surface area contributed by atoms with Gasteiger partial charge in [-0.3, -0.25) is 4.79 Å². The second kappa shape index (κ2) is 15.9. The highest BCUT2D eigenvalue weighted by Gasteiger charge is 2.43. The molecule has 0 spiro atoms. The number of hydrogen-bond acceptors (Lipinski definition) is 6. The van der Waals surface area contributed by atoms with Crippen LogP contribution >= 0.6 is 0 Å². The largest absolute Gasteiger partial charge is 0.460 e. The first-order chi connectivity index (χ1) is 19.3. The predicted octanol–water partition coefficient (Wildman–Crippen LogP) is 9.64. The molecular weight excluding hydrogens is 561 g/mol. The third-order valence-corrected chi connectivity index (χ3v) is 19.1. The van der Waals surface area contributed by atoms with Crippen LogP contribution in [0.4, 0.5) is 0 Å². The summed E-state index contributed by atoms with van der Waals surface area (Å²) < 4.78 is 24.5. The molecule has 244 valence electrons. The normalized spacial score (nSPS) is 21.7. The fourth-order valence-electron chi connectivity index (χ4n) is 5.29. The molecule has 1 saturated heterocycles. The van der Waals surface area contributed by atoms with Crippen molar-refractivity contribution in [1.29, 1.82) is 0 Å². The number of esters is 2. The van der Waals surface area contributed by atoms with Crippen molar-refractivity contribution in [3.63, 3.8) is 0 Å². The van der Waals surface area contributed by atoms with Gasteiger partial charge in [-0.1, -0.05) is 92.9 Å². The third kappa shape index (κ3) is 11.8. The van der Waals surface area contributed by atoms with Gasteiger partial charge in [-0.05, 0) is 68.5 Å². The summed E-state index contributed by atoms with van der Waals surface area (Å²) in [5, 5.41) is 0.282. The Bertz CT molecular complexity index is 899. The Hall–Kier alpha value is -0.966. The van der Waals surface area contributed by atoms with Crippen molar-refractivity contribution >= 4 is 28.6 Å². The number of carbonyl (C=O) groups is 2. The Balaban J connectivity index is 1.71. The highest BCUT2D eigenvalue weighted by atomic mass is 28.4. The van der Waals surface area contributed by atoms with Gasteiger partial charge in [0.15, 0.2) is 16.6 Å². The molecule has 6 nitrogen and oxygen atoms in total. The molecule has 2 aliphatic heterocycles. The summed E-state index contributed by atoms with van der Waals surface area (Å²) in [5.41, 5.74) is 0.786. The van der Waals surface area contributed by atoms with E-state index in [0.717, 1.165) is 37.7 Å². The van der Waals surface area contributed by atoms with Crippen molar-refractivity contribution in [2.24, 2.45) is 0 Å². The lowest BCUT2D eigenvalue weighted by atomic mass is 10.0. The standard InChI is InChI=1S/C34H64O6Si2/c1-26-24-27(32(36)37-26)25-28(39-41(8,9)33(2,3)4)20-18-16-14-12-13-15-17-19-21-30(29-22-23-31(35)38-29)40-42(10,11)34(5,6)7/h24,26,28-30H,12-23,25H2,1-11H3/t26-,28+,29+,30+/m0/s1. The average molecular weight is 625 g/mol. The van der Waals surface area contributed by atoms with Gasteiger partial charge in [-0.15, -0.1) is 0 Å². The van der Waals surface area contributed by atoms with Crippen molar-refractivity contribution in [1.82, 2.24) is 0 Å². The molecule has 0 amide bonds. The summed E-state index contributed by atoms with van der Waals surface area (Å²) in [6.07, 6.45) is 15.5. The third-order valence-electron chi connectivity index (χ3n) is 10.1. The number of cyclic esters (lactones) is 2. The van der Waals surface area contributed by atoms with Crippen LogP contribution in [0.15, 0.2) is 11.6 Å². The van der Waals surface area contributed by atoms with E-state index in [1.54, 1.807) is 0 Å². The molecule has 0 aromatic heterocycles. The molecule has 42 heavy (non-hydrogen) atoms. The SMILES string of the molecule is C[C@H]1C=C(C[C@@H](CCCCCCCCCC[C@@H](O[Si](C)(C)C(C)(C)C)[C@H]2CCC(=O)O2)O[Si](C)(C)C(C)(C)C)C(=O)O1. The lowest BCUT2D eigenvalue weighted by Gasteiger charge is -2.40. The van der Waals surface area contributed by atoms with Gasteiger partial charge in [0.2, 0.25) is 0 Å². The number of hydrogen-bond donors (Lipinski definition) is 0. The van der Waals surface area contributed by atoms with Gasteiger partial charge in [0.25, 0.3) is 0 Å². The molecule has 2 rings (SSSR count). The second-order valence-corrected chi connectivity index (χ2v) is 25.4. The predicted molar refractivity (Wildman–Crippen MR) is 178 cm³/mol. The molecule has 1 fully saturated rings. The first-order valence-corrected chi connectivity index (χ1v) is 22.6. The summed E-state index contributed by atoms with van der Waals surface area (Å²) in [7, 11) is -3.85. The zero-order valence-corrected chi connectivity index (χ0v) is 31.0. The van der Waals surface area contributed by atoms with E-state index in [1.807, 2.05) is 13.0 Å². The van der Waals surface area contributed by atoms with Crippen LogP contribution < -0.4 is 0 Å². The Labute approximate surface area is 260 Å². The molecule has 0 aromatic carbocycles. The Morgan fingerprint density at radius 3 is 1.74 bits per heavy atom. The monoisotopic (exact) mass is 624 g/mol. The molecule has 4 atom stereocenters. The zero-order chi connectivity index (χ0) is 31.8. The van der Waals surface area contributed by atoms with Crippen molar-refractivity contribution in [3.05, 3.63) is 11.6 Å². The fraction of sp³-hybridized carbons (Fsp3) is 0.882. The van der Waals surface area contributed by atoms with Gasteiger partial charge in [-0.2, -0.15) is 0 Å². The molecule has 0 aliphatic carbocycles. The van der Waals surface area contributed by atoms with Crippen molar-refractivity contribution in [2.75, 3.05) is 0 Å². The first kappa shape index (κ1) is 37.2. The maximum Gasteiger partial charge on any atom is 0.334 e. The Morgan fingerprint density at radius 1 is 0.786 bits per heavy atom. The maximum atomic E-state index is 12.3. The lowest BCUT2D eigenvalue weighted by Crippen LogP contribution is -2.47. The van der Waals surface area contributed by atoms with E-state index in [0.29, 0.717) is 12.8 Å². The van der Waals surface area contributed by atoms with E-state index in [9.17, 15) is 9.59 Å². The van der Waals surface area contributed by atoms with Crippen LogP contribution in [0.1, 0.15) is 132 Å². The molecule has 0 bridgehead atoms. The molecule has 8 heteroatoms. The van der Waals surface area contributed by atoms with E-state index in [1.165, 1.54) is 38.5 Å². The average Bonchev–Trinajstić information content (AvgIpc) is 3.41. The highest BCUT2D eigenvalue weighted by Crippen LogP contribution is 2.40. The smallest absolute Gasteiger partial charge is 0.334 e. The molecule has 0 aromatic rings. The van der Waals surface area contributed by atoms with Crippen LogP contribution in [-0.4, -0.2) is 53.0 Å². The van der Waals surface area contributed by atoms with Gasteiger partial charge in [0.1, 0.15) is 12.2 Å². The zero-order valence-electron chi connectivity index (χ0n) is 29.0. The van der Waals surface area contributed by atoms with Crippen LogP contribution in [0.5, 0.6) is 0 Å². The van der Waals surface area contributed by atoms with Gasteiger partial charge in [0, 0.05) is 24.5 Å². The summed E-state index contributed by atoms with van der Waals surface area (Å²) in [5.74, 6) is -0.247. The number of ether oxygens (including phenoxy) is 2. The lowest BCUT2D eigenvalue weighted by molar-refractivity contribution is -0.145. The molecule has 2 aliphatic rings.